The molecule has 0 aromatic carbocycles. The van der Waals surface area contributed by atoms with Gasteiger partial charge in [-0.15, -0.1) is 0 Å². The Morgan fingerprint density at radius 3 is 2.50 bits per heavy atom. The molecule has 1 aliphatic heterocycles. The third-order valence-electron chi connectivity index (χ3n) is 11.1. The maximum atomic E-state index is 13.5. The van der Waals surface area contributed by atoms with Crippen LogP contribution in [0.5, 0.6) is 5.75 Å². The van der Waals surface area contributed by atoms with Crippen molar-refractivity contribution in [3.8, 4) is 17.1 Å². The molecule has 2 unspecified atom stereocenters. The van der Waals surface area contributed by atoms with Crippen LogP contribution in [0.25, 0.3) is 11.3 Å². The molecule has 2 saturated carbocycles. The first-order valence-electron chi connectivity index (χ1n) is 14.4. The second kappa shape index (κ2) is 9.49. The molecule has 8 nitrogen and oxygen atoms in total. The van der Waals surface area contributed by atoms with Crippen LogP contribution >= 0.6 is 0 Å². The molecule has 0 amide bonds. The molecule has 3 heterocycles. The van der Waals surface area contributed by atoms with Gasteiger partial charge in [0.25, 0.3) is 0 Å². The van der Waals surface area contributed by atoms with Crippen LogP contribution in [0.15, 0.2) is 39.8 Å². The molecule has 0 bridgehead atoms. The van der Waals surface area contributed by atoms with Gasteiger partial charge in [0.05, 0.1) is 24.9 Å². The van der Waals surface area contributed by atoms with Crippen molar-refractivity contribution in [2.75, 3.05) is 6.61 Å². The van der Waals surface area contributed by atoms with Gasteiger partial charge in [-0.3, -0.25) is 4.98 Å². The van der Waals surface area contributed by atoms with Crippen molar-refractivity contribution in [3.05, 3.63) is 46.6 Å². The maximum Gasteiger partial charge on any atom is 0.345 e. The van der Waals surface area contributed by atoms with Gasteiger partial charge in [-0.1, -0.05) is 34.6 Å². The van der Waals surface area contributed by atoms with E-state index in [4.69, 9.17) is 13.6 Å². The van der Waals surface area contributed by atoms with Crippen LogP contribution in [0.2, 0.25) is 18.1 Å². The molecular formula is C31H45NO7Si. The van der Waals surface area contributed by atoms with Gasteiger partial charge < -0.3 is 28.9 Å². The number of rotatable bonds is 4. The fourth-order valence-electron chi connectivity index (χ4n) is 7.75. The summed E-state index contributed by atoms with van der Waals surface area (Å²) in [5.74, 6) is -0.0934. The summed E-state index contributed by atoms with van der Waals surface area (Å²) >= 11 is 0. The van der Waals surface area contributed by atoms with Crippen LogP contribution in [0.3, 0.4) is 0 Å². The van der Waals surface area contributed by atoms with Gasteiger partial charge in [-0.25, -0.2) is 4.79 Å². The molecule has 2 aromatic rings. The first-order valence-corrected chi connectivity index (χ1v) is 17.3. The zero-order chi connectivity index (χ0) is 29.5. The third-order valence-corrected chi connectivity index (χ3v) is 15.6. The highest BCUT2D eigenvalue weighted by atomic mass is 28.4. The zero-order valence-corrected chi connectivity index (χ0v) is 26.0. The van der Waals surface area contributed by atoms with Crippen molar-refractivity contribution in [1.29, 1.82) is 0 Å². The van der Waals surface area contributed by atoms with E-state index in [1.807, 2.05) is 13.8 Å². The number of hydrogen-bond donors (Lipinski definition) is 3. The highest BCUT2D eigenvalue weighted by molar-refractivity contribution is 6.74. The average Bonchev–Trinajstić information content (AvgIpc) is 2.87. The van der Waals surface area contributed by atoms with E-state index in [1.165, 1.54) is 0 Å². The van der Waals surface area contributed by atoms with Crippen molar-refractivity contribution < 1.29 is 28.9 Å². The van der Waals surface area contributed by atoms with Crippen molar-refractivity contribution in [2.45, 2.75) is 103 Å². The van der Waals surface area contributed by atoms with Crippen LogP contribution in [-0.2, 0) is 4.43 Å². The molecule has 9 heteroatoms. The van der Waals surface area contributed by atoms with E-state index in [2.05, 4.69) is 45.8 Å². The molecule has 40 heavy (non-hydrogen) atoms. The highest BCUT2D eigenvalue weighted by Gasteiger charge is 2.70. The number of pyridine rings is 1. The molecule has 3 aliphatic rings. The quantitative estimate of drug-likeness (QED) is 0.435. The second-order valence-electron chi connectivity index (χ2n) is 14.5. The summed E-state index contributed by atoms with van der Waals surface area (Å²) in [6, 6.07) is 5.25. The lowest BCUT2D eigenvalue weighted by atomic mass is 9.42. The van der Waals surface area contributed by atoms with E-state index in [0.717, 1.165) is 0 Å². The summed E-state index contributed by atoms with van der Waals surface area (Å²) in [4.78, 5) is 17.6. The van der Waals surface area contributed by atoms with E-state index in [1.54, 1.807) is 30.6 Å². The standard InChI is InChI=1S/C31H45NO7Si/c1-28(2,3)40(7,8)39-23-15-21-29(4,12-11-22(34)30(21,5)17-33)26-25(35)24-20(38-31(23,26)6)14-19(37-27(24)36)18-10-9-13-32-16-18/h9-10,13-14,16,21-23,25-26,33-35H,11-12,15,17H2,1-8H3/t21?,22?,23-,25-,26+,29-,30-,31+/m0/s1. The van der Waals surface area contributed by atoms with Crippen LogP contribution in [-0.4, -0.2) is 53.0 Å². The molecule has 2 fully saturated rings. The first kappa shape index (κ1) is 29.4. The molecule has 220 valence electrons. The monoisotopic (exact) mass is 571 g/mol. The molecular weight excluding hydrogens is 526 g/mol. The van der Waals surface area contributed by atoms with Crippen LogP contribution in [0.4, 0.5) is 0 Å². The van der Waals surface area contributed by atoms with E-state index in [-0.39, 0.29) is 23.1 Å². The lowest BCUT2D eigenvalue weighted by Gasteiger charge is -2.67. The predicted octanol–water partition coefficient (Wildman–Crippen LogP) is 5.07. The number of nitrogens with zero attached hydrogens (tertiary/aromatic N) is 1. The molecule has 2 aliphatic carbocycles. The van der Waals surface area contributed by atoms with Crippen molar-refractivity contribution >= 4 is 8.32 Å². The minimum atomic E-state index is -2.33. The normalized spacial score (nSPS) is 37.6. The van der Waals surface area contributed by atoms with Gasteiger partial charge in [0.15, 0.2) is 8.32 Å². The summed E-state index contributed by atoms with van der Waals surface area (Å²) in [7, 11) is -2.33. The average molecular weight is 572 g/mol. The Labute approximate surface area is 237 Å². The number of aromatic nitrogens is 1. The Hall–Kier alpha value is -2.04. The fourth-order valence-corrected chi connectivity index (χ4v) is 9.15. The summed E-state index contributed by atoms with van der Waals surface area (Å²) in [5, 5.41) is 33.8. The second-order valence-corrected chi connectivity index (χ2v) is 19.3. The summed E-state index contributed by atoms with van der Waals surface area (Å²) in [6.07, 6.45) is 2.63. The Morgan fingerprint density at radius 1 is 1.20 bits per heavy atom. The Kier molecular flexibility index (Phi) is 6.99. The minimum absolute atomic E-state index is 0.0777. The molecule has 0 saturated heterocycles. The number of hydrogen-bond acceptors (Lipinski definition) is 8. The van der Waals surface area contributed by atoms with Gasteiger partial charge in [-0.2, -0.15) is 0 Å². The molecule has 5 rings (SSSR count). The third kappa shape index (κ3) is 4.23. The Bertz CT molecular complexity index is 1320. The first-order chi connectivity index (χ1) is 18.5. The van der Waals surface area contributed by atoms with Gasteiger partial charge >= 0.3 is 5.63 Å². The van der Waals surface area contributed by atoms with Gasteiger partial charge in [0, 0.05) is 35.4 Å². The zero-order valence-electron chi connectivity index (χ0n) is 25.0. The number of fused-ring (bicyclic) bond motifs is 4. The summed E-state index contributed by atoms with van der Waals surface area (Å²) in [5.41, 5.74) is -2.22. The SMILES string of the molecule is CC(C)(C)[Si](C)(C)O[C@H]1CC2[C@](C)(CO)C(O)CC[C@]2(C)[C@H]2[C@@H](O)c3c(cc(-c4cccnc4)oc3=O)O[C@]12C. The predicted molar refractivity (Wildman–Crippen MR) is 154 cm³/mol. The summed E-state index contributed by atoms with van der Waals surface area (Å²) < 4.78 is 19.7. The molecule has 3 N–H and O–H groups in total. The van der Waals surface area contributed by atoms with Crippen LogP contribution in [0, 0.1) is 22.7 Å². The Balaban J connectivity index is 1.70. The fraction of sp³-hybridized carbons (Fsp3) is 0.677. The highest BCUT2D eigenvalue weighted by Crippen LogP contribution is 2.67. The largest absolute Gasteiger partial charge is 0.484 e. The minimum Gasteiger partial charge on any atom is -0.484 e. The lowest BCUT2D eigenvalue weighted by Crippen LogP contribution is -2.72. The van der Waals surface area contributed by atoms with Gasteiger partial charge in [0.1, 0.15) is 22.7 Å². The van der Waals surface area contributed by atoms with Crippen LogP contribution < -0.4 is 10.4 Å². The van der Waals surface area contributed by atoms with Crippen molar-refractivity contribution in [3.63, 3.8) is 0 Å². The lowest BCUT2D eigenvalue weighted by molar-refractivity contribution is -0.261. The molecule has 0 radical (unpaired) electrons. The molecule has 2 aromatic heterocycles. The van der Waals surface area contributed by atoms with Gasteiger partial charge in [-0.05, 0) is 67.8 Å². The number of aliphatic hydroxyl groups is 3. The molecule has 8 atom stereocenters. The van der Waals surface area contributed by atoms with Crippen molar-refractivity contribution in [2.24, 2.45) is 22.7 Å². The maximum absolute atomic E-state index is 13.5. The van der Waals surface area contributed by atoms with Crippen molar-refractivity contribution in [1.82, 2.24) is 4.98 Å². The summed E-state index contributed by atoms with van der Waals surface area (Å²) in [6.45, 7) is 16.8. The van der Waals surface area contributed by atoms with E-state index in [0.29, 0.717) is 36.3 Å². The van der Waals surface area contributed by atoms with E-state index < -0.39 is 54.6 Å². The van der Waals surface area contributed by atoms with Crippen LogP contribution in [0.1, 0.15) is 72.5 Å². The smallest absolute Gasteiger partial charge is 0.345 e. The Morgan fingerprint density at radius 2 is 1.90 bits per heavy atom. The topological polar surface area (TPSA) is 122 Å². The number of aliphatic hydroxyl groups excluding tert-OH is 3. The number of ether oxygens (including phenoxy) is 1. The van der Waals surface area contributed by atoms with E-state index >= 15 is 0 Å². The van der Waals surface area contributed by atoms with E-state index in [9.17, 15) is 20.1 Å². The molecule has 0 spiro atoms. The van der Waals surface area contributed by atoms with Gasteiger partial charge in [0.2, 0.25) is 0 Å².